The van der Waals surface area contributed by atoms with Crippen LogP contribution in [0.1, 0.15) is 32.1 Å². The summed E-state index contributed by atoms with van der Waals surface area (Å²) in [4.78, 5) is 24.7. The first-order chi connectivity index (χ1) is 9.78. The number of carbonyl (C=O) groups is 2. The van der Waals surface area contributed by atoms with E-state index >= 15 is 0 Å². The van der Waals surface area contributed by atoms with Gasteiger partial charge in [0.1, 0.15) is 12.6 Å². The number of halogens is 3. The topological polar surface area (TPSA) is 69.6 Å². The lowest BCUT2D eigenvalue weighted by Crippen LogP contribution is -2.55. The van der Waals surface area contributed by atoms with E-state index in [0.717, 1.165) is 11.3 Å². The molecule has 0 aromatic carbocycles. The molecule has 21 heavy (non-hydrogen) atoms. The normalized spacial score (nSPS) is 30.6. The smallest absolute Gasteiger partial charge is 0.392 e. The number of aliphatic hydroxyl groups is 1. The number of nitrogens with one attached hydrogen (secondary N) is 1. The van der Waals surface area contributed by atoms with Crippen LogP contribution in [0.15, 0.2) is 0 Å². The van der Waals surface area contributed by atoms with Gasteiger partial charge in [0.25, 0.3) is 0 Å². The summed E-state index contributed by atoms with van der Waals surface area (Å²) in [7, 11) is 0. The van der Waals surface area contributed by atoms with Crippen molar-refractivity contribution in [1.82, 2.24) is 10.2 Å². The van der Waals surface area contributed by atoms with Crippen LogP contribution < -0.4 is 5.32 Å². The fraction of sp³-hybridized carbons (Fsp3) is 0.846. The van der Waals surface area contributed by atoms with Crippen LogP contribution in [0.5, 0.6) is 0 Å². The number of likely N-dealkylation sites (tertiary alicyclic amines) is 1. The lowest BCUT2D eigenvalue weighted by atomic mass is 10.0. The van der Waals surface area contributed by atoms with Gasteiger partial charge in [0.2, 0.25) is 11.8 Å². The van der Waals surface area contributed by atoms with E-state index in [4.69, 9.17) is 0 Å². The molecule has 0 aromatic heterocycles. The van der Waals surface area contributed by atoms with Gasteiger partial charge in [-0.3, -0.25) is 9.59 Å². The van der Waals surface area contributed by atoms with Gasteiger partial charge in [-0.1, -0.05) is 0 Å². The zero-order valence-electron chi connectivity index (χ0n) is 11.5. The Bertz CT molecular complexity index is 414. The van der Waals surface area contributed by atoms with Crippen LogP contribution in [0.3, 0.4) is 0 Å². The molecule has 0 bridgehead atoms. The molecule has 0 aromatic rings. The minimum absolute atomic E-state index is 0.0523. The third-order valence-corrected chi connectivity index (χ3v) is 4.03. The SMILES string of the molecule is O=C(NC1CCCN(CC(F)(F)F)C1=O)C1CCCC1O. The summed E-state index contributed by atoms with van der Waals surface area (Å²) in [5.74, 6) is -1.69. The van der Waals surface area contributed by atoms with E-state index in [1.165, 1.54) is 0 Å². The minimum atomic E-state index is -4.44. The molecular weight excluding hydrogens is 289 g/mol. The molecule has 1 saturated carbocycles. The van der Waals surface area contributed by atoms with Gasteiger partial charge in [-0.05, 0) is 32.1 Å². The summed E-state index contributed by atoms with van der Waals surface area (Å²) in [6.45, 7) is -1.24. The third-order valence-electron chi connectivity index (χ3n) is 4.03. The van der Waals surface area contributed by atoms with Crippen molar-refractivity contribution >= 4 is 11.8 Å². The number of nitrogens with zero attached hydrogens (tertiary/aromatic N) is 1. The largest absolute Gasteiger partial charge is 0.406 e. The molecule has 1 aliphatic carbocycles. The molecule has 2 amide bonds. The van der Waals surface area contributed by atoms with E-state index in [2.05, 4.69) is 5.32 Å². The molecule has 1 heterocycles. The highest BCUT2D eigenvalue weighted by Crippen LogP contribution is 2.26. The van der Waals surface area contributed by atoms with E-state index in [0.29, 0.717) is 25.7 Å². The Labute approximate surface area is 120 Å². The highest BCUT2D eigenvalue weighted by molar-refractivity contribution is 5.89. The maximum absolute atomic E-state index is 12.4. The standard InChI is InChI=1S/C13H19F3N2O3/c14-13(15,16)7-18-6-2-4-9(12(18)21)17-11(20)8-3-1-5-10(8)19/h8-10,19H,1-7H2,(H,17,20). The highest BCUT2D eigenvalue weighted by atomic mass is 19.4. The fourth-order valence-electron chi connectivity index (χ4n) is 2.97. The predicted molar refractivity (Wildman–Crippen MR) is 67.1 cm³/mol. The van der Waals surface area contributed by atoms with E-state index in [1.54, 1.807) is 0 Å². The van der Waals surface area contributed by atoms with Gasteiger partial charge < -0.3 is 15.3 Å². The Balaban J connectivity index is 1.93. The van der Waals surface area contributed by atoms with Crippen LogP contribution in [0, 0.1) is 5.92 Å². The Morgan fingerprint density at radius 3 is 2.57 bits per heavy atom. The molecule has 2 rings (SSSR count). The summed E-state index contributed by atoms with van der Waals surface area (Å²) in [5, 5.41) is 12.2. The quantitative estimate of drug-likeness (QED) is 0.811. The molecule has 120 valence electrons. The molecule has 3 unspecified atom stereocenters. The number of hydrogen-bond acceptors (Lipinski definition) is 3. The van der Waals surface area contributed by atoms with Crippen molar-refractivity contribution in [2.24, 2.45) is 5.92 Å². The molecule has 2 aliphatic rings. The second kappa shape index (κ2) is 6.21. The summed E-state index contributed by atoms with van der Waals surface area (Å²) < 4.78 is 37.2. The van der Waals surface area contributed by atoms with E-state index < -0.39 is 42.6 Å². The van der Waals surface area contributed by atoms with Gasteiger partial charge in [0, 0.05) is 6.54 Å². The molecule has 1 aliphatic heterocycles. The van der Waals surface area contributed by atoms with Crippen LogP contribution in [-0.4, -0.2) is 53.2 Å². The van der Waals surface area contributed by atoms with Crippen LogP contribution in [-0.2, 0) is 9.59 Å². The van der Waals surface area contributed by atoms with E-state index in [9.17, 15) is 27.9 Å². The monoisotopic (exact) mass is 308 g/mol. The van der Waals surface area contributed by atoms with Gasteiger partial charge >= 0.3 is 6.18 Å². The van der Waals surface area contributed by atoms with Gasteiger partial charge in [0.05, 0.1) is 12.0 Å². The number of aliphatic hydroxyl groups excluding tert-OH is 1. The molecule has 2 fully saturated rings. The van der Waals surface area contributed by atoms with Crippen LogP contribution in [0.25, 0.3) is 0 Å². The number of piperidine rings is 1. The summed E-state index contributed by atoms with van der Waals surface area (Å²) in [6.07, 6.45) is -2.60. The van der Waals surface area contributed by atoms with Gasteiger partial charge in [0.15, 0.2) is 0 Å². The lowest BCUT2D eigenvalue weighted by Gasteiger charge is -2.33. The Kier molecular flexibility index (Phi) is 4.75. The first-order valence-electron chi connectivity index (χ1n) is 7.12. The summed E-state index contributed by atoms with van der Waals surface area (Å²) in [5.41, 5.74) is 0. The molecule has 0 radical (unpaired) electrons. The van der Waals surface area contributed by atoms with Crippen molar-refractivity contribution < 1.29 is 27.9 Å². The van der Waals surface area contributed by atoms with Gasteiger partial charge in [-0.2, -0.15) is 13.2 Å². The zero-order valence-corrected chi connectivity index (χ0v) is 11.5. The number of alkyl halides is 3. The summed E-state index contributed by atoms with van der Waals surface area (Å²) >= 11 is 0. The van der Waals surface area contributed by atoms with Crippen molar-refractivity contribution in [2.45, 2.75) is 50.4 Å². The second-order valence-corrected chi connectivity index (χ2v) is 5.68. The Morgan fingerprint density at radius 1 is 1.29 bits per heavy atom. The number of carbonyl (C=O) groups excluding carboxylic acids is 2. The number of amides is 2. The van der Waals surface area contributed by atoms with E-state index in [-0.39, 0.29) is 6.54 Å². The van der Waals surface area contributed by atoms with Gasteiger partial charge in [-0.25, -0.2) is 0 Å². The maximum atomic E-state index is 12.4. The average molecular weight is 308 g/mol. The Hall–Kier alpha value is -1.31. The average Bonchev–Trinajstić information content (AvgIpc) is 2.79. The van der Waals surface area contributed by atoms with Crippen LogP contribution in [0.4, 0.5) is 13.2 Å². The molecule has 3 atom stereocenters. The first kappa shape index (κ1) is 16.1. The van der Waals surface area contributed by atoms with Crippen molar-refractivity contribution in [1.29, 1.82) is 0 Å². The molecule has 5 nitrogen and oxygen atoms in total. The first-order valence-corrected chi connectivity index (χ1v) is 7.12. The van der Waals surface area contributed by atoms with Crippen molar-refractivity contribution in [3.63, 3.8) is 0 Å². The minimum Gasteiger partial charge on any atom is -0.392 e. The maximum Gasteiger partial charge on any atom is 0.406 e. The zero-order chi connectivity index (χ0) is 15.6. The van der Waals surface area contributed by atoms with Crippen molar-refractivity contribution in [3.8, 4) is 0 Å². The fourth-order valence-corrected chi connectivity index (χ4v) is 2.97. The van der Waals surface area contributed by atoms with Crippen molar-refractivity contribution in [3.05, 3.63) is 0 Å². The highest BCUT2D eigenvalue weighted by Gasteiger charge is 2.39. The lowest BCUT2D eigenvalue weighted by molar-refractivity contribution is -0.165. The van der Waals surface area contributed by atoms with Crippen LogP contribution >= 0.6 is 0 Å². The Morgan fingerprint density at radius 2 is 2.00 bits per heavy atom. The molecule has 8 heteroatoms. The summed E-state index contributed by atoms with van der Waals surface area (Å²) in [6, 6.07) is -0.915. The van der Waals surface area contributed by atoms with Crippen molar-refractivity contribution in [2.75, 3.05) is 13.1 Å². The third kappa shape index (κ3) is 4.09. The van der Waals surface area contributed by atoms with Gasteiger partial charge in [-0.15, -0.1) is 0 Å². The molecular formula is C13H19F3N2O3. The van der Waals surface area contributed by atoms with Crippen LogP contribution in [0.2, 0.25) is 0 Å². The van der Waals surface area contributed by atoms with E-state index in [1.807, 2.05) is 0 Å². The predicted octanol–water partition coefficient (Wildman–Crippen LogP) is 0.817. The molecule has 2 N–H and O–H groups in total. The molecule has 1 saturated heterocycles. The molecule has 0 spiro atoms. The number of hydrogen-bond donors (Lipinski definition) is 2. The number of rotatable bonds is 3. The second-order valence-electron chi connectivity index (χ2n) is 5.68.